The molecule has 6 heteroatoms. The van der Waals surface area contributed by atoms with Crippen LogP contribution >= 0.6 is 23.2 Å². The molecule has 2 rings (SSSR count). The molecule has 0 atom stereocenters. The lowest BCUT2D eigenvalue weighted by molar-refractivity contribution is -0.116. The number of amides is 1. The number of carbonyl (C=O) groups excluding carboxylic acids is 2. The van der Waals surface area contributed by atoms with Crippen molar-refractivity contribution in [3.63, 3.8) is 0 Å². The van der Waals surface area contributed by atoms with Crippen LogP contribution in [0.4, 0.5) is 5.69 Å². The molecule has 0 saturated heterocycles. The maximum absolute atomic E-state index is 12.3. The van der Waals surface area contributed by atoms with Gasteiger partial charge in [-0.2, -0.15) is 0 Å². The molecule has 0 radical (unpaired) electrons. The quantitative estimate of drug-likeness (QED) is 0.739. The number of carbonyl (C=O) groups is 2. The van der Waals surface area contributed by atoms with Gasteiger partial charge in [0, 0.05) is 28.6 Å². The van der Waals surface area contributed by atoms with E-state index in [4.69, 9.17) is 27.9 Å². The molecule has 0 aliphatic rings. The number of benzene rings is 2. The van der Waals surface area contributed by atoms with E-state index in [-0.39, 0.29) is 24.5 Å². The van der Waals surface area contributed by atoms with Gasteiger partial charge in [0.05, 0.1) is 12.7 Å². The molecule has 0 saturated carbocycles. The first kappa shape index (κ1) is 18.3. The van der Waals surface area contributed by atoms with Gasteiger partial charge >= 0.3 is 0 Å². The third kappa shape index (κ3) is 4.73. The fourth-order valence-electron chi connectivity index (χ4n) is 2.20. The number of methoxy groups -OCH3 is 1. The molecule has 0 aromatic heterocycles. The van der Waals surface area contributed by atoms with Crippen LogP contribution in [0.3, 0.4) is 0 Å². The van der Waals surface area contributed by atoms with Crippen molar-refractivity contribution in [3.8, 4) is 5.75 Å². The van der Waals surface area contributed by atoms with E-state index in [1.807, 2.05) is 13.0 Å². The molecular formula is C18H17Cl2NO3. The van der Waals surface area contributed by atoms with Crippen molar-refractivity contribution in [3.05, 3.63) is 57.6 Å². The molecule has 2 aromatic rings. The SMILES string of the molecule is COc1ccc(Cl)cc1C(=O)CCC(=O)Nc1cc(Cl)ccc1C. The second-order valence-electron chi connectivity index (χ2n) is 5.28. The molecule has 1 N–H and O–H groups in total. The highest BCUT2D eigenvalue weighted by molar-refractivity contribution is 6.31. The summed E-state index contributed by atoms with van der Waals surface area (Å²) in [6.45, 7) is 1.87. The number of ether oxygens (including phenoxy) is 1. The highest BCUT2D eigenvalue weighted by Crippen LogP contribution is 2.25. The van der Waals surface area contributed by atoms with Crippen LogP contribution in [0.25, 0.3) is 0 Å². The first-order valence-corrected chi connectivity index (χ1v) is 8.09. The predicted octanol–water partition coefficient (Wildman–Crippen LogP) is 4.91. The summed E-state index contributed by atoms with van der Waals surface area (Å²) in [5, 5.41) is 3.75. The monoisotopic (exact) mass is 365 g/mol. The van der Waals surface area contributed by atoms with Crippen LogP contribution in [0.5, 0.6) is 5.75 Å². The highest BCUT2D eigenvalue weighted by atomic mass is 35.5. The van der Waals surface area contributed by atoms with Crippen LogP contribution in [0.2, 0.25) is 10.0 Å². The van der Waals surface area contributed by atoms with E-state index in [0.29, 0.717) is 27.0 Å². The zero-order valence-corrected chi connectivity index (χ0v) is 14.9. The van der Waals surface area contributed by atoms with Crippen LogP contribution in [0, 0.1) is 6.92 Å². The average molecular weight is 366 g/mol. The minimum atomic E-state index is -0.255. The number of anilines is 1. The second-order valence-corrected chi connectivity index (χ2v) is 6.15. The number of ketones is 1. The minimum Gasteiger partial charge on any atom is -0.496 e. The molecule has 0 unspecified atom stereocenters. The van der Waals surface area contributed by atoms with E-state index >= 15 is 0 Å². The normalized spacial score (nSPS) is 10.3. The molecule has 1 amide bonds. The number of hydrogen-bond acceptors (Lipinski definition) is 3. The Morgan fingerprint density at radius 3 is 2.42 bits per heavy atom. The average Bonchev–Trinajstić information content (AvgIpc) is 2.56. The Balaban J connectivity index is 2.00. The number of aryl methyl sites for hydroxylation is 1. The van der Waals surface area contributed by atoms with Gasteiger partial charge in [-0.05, 0) is 42.8 Å². The standard InChI is InChI=1S/C18H17Cl2NO3/c1-11-3-4-13(20)10-15(11)21-18(23)8-6-16(22)14-9-12(19)5-7-17(14)24-2/h3-5,7,9-10H,6,8H2,1-2H3,(H,21,23). The molecule has 2 aromatic carbocycles. The highest BCUT2D eigenvalue weighted by Gasteiger charge is 2.15. The number of hydrogen-bond donors (Lipinski definition) is 1. The van der Waals surface area contributed by atoms with E-state index in [1.165, 1.54) is 7.11 Å². The summed E-state index contributed by atoms with van der Waals surface area (Å²) < 4.78 is 5.16. The summed E-state index contributed by atoms with van der Waals surface area (Å²) in [6, 6.07) is 10.1. The molecule has 4 nitrogen and oxygen atoms in total. The lowest BCUT2D eigenvalue weighted by atomic mass is 10.1. The van der Waals surface area contributed by atoms with Gasteiger partial charge in [0.15, 0.2) is 5.78 Å². The topological polar surface area (TPSA) is 55.4 Å². The van der Waals surface area contributed by atoms with Gasteiger partial charge in [0.25, 0.3) is 0 Å². The molecule has 0 aliphatic heterocycles. The maximum atomic E-state index is 12.3. The zero-order chi connectivity index (χ0) is 17.7. The van der Waals surface area contributed by atoms with Crippen molar-refractivity contribution in [1.29, 1.82) is 0 Å². The van der Waals surface area contributed by atoms with E-state index in [1.54, 1.807) is 30.3 Å². The van der Waals surface area contributed by atoms with Gasteiger partial charge in [0.1, 0.15) is 5.75 Å². The minimum absolute atomic E-state index is 0.0560. The fraction of sp³-hybridized carbons (Fsp3) is 0.222. The number of halogens is 2. The Labute approximate surface area is 150 Å². The molecule has 0 spiro atoms. The van der Waals surface area contributed by atoms with Gasteiger partial charge in [-0.1, -0.05) is 29.3 Å². The summed E-state index contributed by atoms with van der Waals surface area (Å²) in [6.07, 6.45) is 0.114. The Bertz CT molecular complexity index is 775. The first-order valence-electron chi connectivity index (χ1n) is 7.33. The molecule has 0 heterocycles. The number of nitrogens with one attached hydrogen (secondary N) is 1. The molecule has 126 valence electrons. The van der Waals surface area contributed by atoms with E-state index in [2.05, 4.69) is 5.32 Å². The number of rotatable bonds is 6. The summed E-state index contributed by atoms with van der Waals surface area (Å²) in [7, 11) is 1.48. The van der Waals surface area contributed by atoms with Crippen molar-refractivity contribution in [2.24, 2.45) is 0 Å². The van der Waals surface area contributed by atoms with E-state index < -0.39 is 0 Å². The Morgan fingerprint density at radius 1 is 1.04 bits per heavy atom. The fourth-order valence-corrected chi connectivity index (χ4v) is 2.55. The largest absolute Gasteiger partial charge is 0.496 e. The smallest absolute Gasteiger partial charge is 0.224 e. The maximum Gasteiger partial charge on any atom is 0.224 e. The Hall–Kier alpha value is -2.04. The van der Waals surface area contributed by atoms with Gasteiger partial charge in [-0.25, -0.2) is 0 Å². The first-order chi connectivity index (χ1) is 11.4. The summed E-state index contributed by atoms with van der Waals surface area (Å²) in [5.41, 5.74) is 1.91. The van der Waals surface area contributed by atoms with E-state index in [9.17, 15) is 9.59 Å². The summed E-state index contributed by atoms with van der Waals surface area (Å²) in [5.74, 6) is -0.0162. The van der Waals surface area contributed by atoms with Crippen LogP contribution in [-0.4, -0.2) is 18.8 Å². The lowest BCUT2D eigenvalue weighted by Crippen LogP contribution is -2.14. The van der Waals surface area contributed by atoms with Gasteiger partial charge < -0.3 is 10.1 Å². The van der Waals surface area contributed by atoms with Crippen molar-refractivity contribution >= 4 is 40.6 Å². The molecule has 0 aliphatic carbocycles. The van der Waals surface area contributed by atoms with Crippen molar-refractivity contribution < 1.29 is 14.3 Å². The van der Waals surface area contributed by atoms with Gasteiger partial charge in [-0.15, -0.1) is 0 Å². The van der Waals surface area contributed by atoms with Crippen LogP contribution in [0.1, 0.15) is 28.8 Å². The van der Waals surface area contributed by atoms with Crippen molar-refractivity contribution in [2.75, 3.05) is 12.4 Å². The van der Waals surface area contributed by atoms with Crippen molar-refractivity contribution in [2.45, 2.75) is 19.8 Å². The Kier molecular flexibility index (Phi) is 6.23. The van der Waals surface area contributed by atoms with Gasteiger partial charge in [0.2, 0.25) is 5.91 Å². The zero-order valence-electron chi connectivity index (χ0n) is 13.4. The Morgan fingerprint density at radius 2 is 1.71 bits per heavy atom. The second kappa shape index (κ2) is 8.18. The van der Waals surface area contributed by atoms with Crippen molar-refractivity contribution in [1.82, 2.24) is 0 Å². The predicted molar refractivity (Wildman–Crippen MR) is 96.4 cm³/mol. The van der Waals surface area contributed by atoms with Gasteiger partial charge in [-0.3, -0.25) is 9.59 Å². The molecule has 24 heavy (non-hydrogen) atoms. The lowest BCUT2D eigenvalue weighted by Gasteiger charge is -2.10. The molecule has 0 bridgehead atoms. The third-order valence-corrected chi connectivity index (χ3v) is 3.98. The molecular weight excluding hydrogens is 349 g/mol. The summed E-state index contributed by atoms with van der Waals surface area (Å²) >= 11 is 11.8. The third-order valence-electron chi connectivity index (χ3n) is 3.51. The number of Topliss-reactive ketones (excluding diaryl/α,β-unsaturated/α-hetero) is 1. The van der Waals surface area contributed by atoms with Crippen LogP contribution in [0.15, 0.2) is 36.4 Å². The van der Waals surface area contributed by atoms with Crippen LogP contribution in [-0.2, 0) is 4.79 Å². The van der Waals surface area contributed by atoms with Crippen LogP contribution < -0.4 is 10.1 Å². The van der Waals surface area contributed by atoms with E-state index in [0.717, 1.165) is 5.56 Å². The summed E-state index contributed by atoms with van der Waals surface area (Å²) in [4.78, 5) is 24.4. The molecule has 0 fully saturated rings.